The zero-order chi connectivity index (χ0) is 10.9. The van der Waals surface area contributed by atoms with Crippen molar-refractivity contribution in [3.05, 3.63) is 0 Å². The van der Waals surface area contributed by atoms with Crippen molar-refractivity contribution in [2.75, 3.05) is 0 Å². The fourth-order valence-electron chi connectivity index (χ4n) is 1.06. The highest BCUT2D eigenvalue weighted by Crippen LogP contribution is 2.19. The average Bonchev–Trinajstić information content (AvgIpc) is 2.19. The van der Waals surface area contributed by atoms with Crippen LogP contribution in [-0.4, -0.2) is 62.2 Å². The van der Waals surface area contributed by atoms with Crippen molar-refractivity contribution < 1.29 is 35.1 Å². The molecule has 13 heavy (non-hydrogen) atoms. The summed E-state index contributed by atoms with van der Waals surface area (Å²) in [5.74, 6) is -1.26. The second-order valence-electron chi connectivity index (χ2n) is 2.74. The van der Waals surface area contributed by atoms with E-state index in [1.54, 1.807) is 0 Å². The van der Waals surface area contributed by atoms with E-state index in [0.717, 1.165) is 0 Å². The van der Waals surface area contributed by atoms with Gasteiger partial charge in [0.2, 0.25) is 0 Å². The molecule has 0 aliphatic carbocycles. The molecular weight excluding hydrogens is 184 g/mol. The molecule has 1 rings (SSSR count). The Bertz CT molecular complexity index is 222. The lowest BCUT2D eigenvalue weighted by Gasteiger charge is -2.36. The molecule has 0 amide bonds. The summed E-state index contributed by atoms with van der Waals surface area (Å²) in [5, 5.41) is 39.8. The summed E-state index contributed by atoms with van der Waals surface area (Å²) in [6.07, 6.45) is -8.67. The quantitative estimate of drug-likeness (QED) is 0.299. The zero-order valence-corrected chi connectivity index (χ0v) is 6.40. The van der Waals surface area contributed by atoms with E-state index in [4.69, 9.17) is 16.8 Å². The maximum Gasteiger partial charge on any atom is 0.335 e. The molecule has 0 unspecified atom stereocenters. The van der Waals surface area contributed by atoms with Gasteiger partial charge in [-0.05, 0) is 0 Å². The number of aliphatic hydroxyl groups excluding tert-OH is 4. The third-order valence-corrected chi connectivity index (χ3v) is 1.82. The van der Waals surface area contributed by atoms with Crippen LogP contribution < -0.4 is 0 Å². The number of aliphatic hydroxyl groups is 4. The Morgan fingerprint density at radius 3 is 2.31 bits per heavy atom. The van der Waals surface area contributed by atoms with E-state index < -0.39 is 36.7 Å². The highest BCUT2D eigenvalue weighted by atomic mass is 16.6. The van der Waals surface area contributed by atoms with Gasteiger partial charge in [-0.3, -0.25) is 0 Å². The molecule has 5 N–H and O–H groups in total. The van der Waals surface area contributed by atoms with Crippen LogP contribution in [0.1, 0.15) is 0 Å². The highest BCUT2D eigenvalue weighted by molar-refractivity contribution is 5.73. The normalized spacial score (nSPS) is 46.8. The fourth-order valence-corrected chi connectivity index (χ4v) is 1.06. The second kappa shape index (κ2) is 3.56. The molecule has 0 spiro atoms. The third-order valence-electron chi connectivity index (χ3n) is 1.82. The van der Waals surface area contributed by atoms with Crippen molar-refractivity contribution in [3.8, 4) is 0 Å². The van der Waals surface area contributed by atoms with E-state index in [1.165, 1.54) is 0 Å². The molecule has 0 aromatic carbocycles. The van der Waals surface area contributed by atoms with Gasteiger partial charge in [-0.1, -0.05) is 0 Å². The number of aliphatic carboxylic acids is 1. The van der Waals surface area contributed by atoms with Crippen LogP contribution in [0.2, 0.25) is 0 Å². The Kier molecular flexibility index (Phi) is 2.42. The Morgan fingerprint density at radius 2 is 1.77 bits per heavy atom. The first-order valence-electron chi connectivity index (χ1n) is 3.94. The molecular formula is C6H10O7. The van der Waals surface area contributed by atoms with Crippen LogP contribution in [0.5, 0.6) is 0 Å². The molecule has 1 saturated heterocycles. The number of ether oxygens (including phenoxy) is 1. The number of carbonyl (C=O) groups is 1. The predicted octanol–water partition coefficient (Wildman–Crippen LogP) is -3.13. The van der Waals surface area contributed by atoms with Crippen LogP contribution >= 0.6 is 0 Å². The Hall–Kier alpha value is -0.730. The number of hydrogen-bond acceptors (Lipinski definition) is 7. The molecule has 0 radical (unpaired) electrons. The van der Waals surface area contributed by atoms with Gasteiger partial charge in [-0.15, -0.1) is 0 Å². The lowest BCUT2D eigenvalue weighted by molar-refractivity contribution is -0.279. The predicted molar refractivity (Wildman–Crippen MR) is 36.5 cm³/mol. The summed E-state index contributed by atoms with van der Waals surface area (Å²) in [6, 6.07) is 0. The number of carboxylic acids is 1. The number of rotatable bonds is 1. The molecule has 0 saturated carbocycles. The first kappa shape index (κ1) is 8.85. The van der Waals surface area contributed by atoms with Gasteiger partial charge >= 0.3 is 5.97 Å². The van der Waals surface area contributed by atoms with E-state index >= 15 is 0 Å². The Labute approximate surface area is 74.3 Å². The van der Waals surface area contributed by atoms with E-state index in [1.807, 2.05) is 0 Å². The first-order valence-corrected chi connectivity index (χ1v) is 3.53. The molecule has 7 nitrogen and oxygen atoms in total. The summed E-state index contributed by atoms with van der Waals surface area (Å²) < 4.78 is 10.7. The van der Waals surface area contributed by atoms with E-state index in [-0.39, 0.29) is 0 Å². The van der Waals surface area contributed by atoms with Gasteiger partial charge in [0.15, 0.2) is 12.4 Å². The van der Waals surface area contributed by atoms with Crippen LogP contribution in [0.3, 0.4) is 0 Å². The molecule has 76 valence electrons. The van der Waals surface area contributed by atoms with Gasteiger partial charge < -0.3 is 30.3 Å². The van der Waals surface area contributed by atoms with Gasteiger partial charge in [0.05, 0.1) is 0 Å². The van der Waals surface area contributed by atoms with Crippen LogP contribution in [-0.2, 0) is 9.53 Å². The maximum atomic E-state index is 10.8. The van der Waals surface area contributed by atoms with Crippen LogP contribution in [0.4, 0.5) is 0 Å². The topological polar surface area (TPSA) is 127 Å². The minimum Gasteiger partial charge on any atom is -0.479 e. The summed E-state index contributed by atoms with van der Waals surface area (Å²) >= 11 is 0. The Balaban J connectivity index is 2.75. The molecule has 5 atom stereocenters. The lowest BCUT2D eigenvalue weighted by Crippen LogP contribution is -2.59. The van der Waals surface area contributed by atoms with Gasteiger partial charge in [0, 0.05) is 0 Å². The van der Waals surface area contributed by atoms with Crippen molar-refractivity contribution in [2.45, 2.75) is 30.7 Å². The van der Waals surface area contributed by atoms with Crippen LogP contribution in [0.15, 0.2) is 0 Å². The molecule has 1 aliphatic rings. The van der Waals surface area contributed by atoms with E-state index in [2.05, 4.69) is 9.85 Å². The van der Waals surface area contributed by atoms with Gasteiger partial charge in [0.1, 0.15) is 18.3 Å². The summed E-state index contributed by atoms with van der Waals surface area (Å²) in [7, 11) is 0. The maximum absolute atomic E-state index is 10.8. The zero-order valence-electron chi connectivity index (χ0n) is 7.40. The van der Waals surface area contributed by atoms with Crippen molar-refractivity contribution in [1.82, 2.24) is 0 Å². The van der Waals surface area contributed by atoms with Gasteiger partial charge in [-0.25, -0.2) is 4.79 Å². The van der Waals surface area contributed by atoms with Crippen molar-refractivity contribution in [3.63, 3.8) is 0 Å². The SMILES string of the molecule is [2H]OC(=O)[C@H]1O[C@H](O)[C@H](O)[C@@H](O)[C@H]1O. The first-order chi connectivity index (χ1) is 6.49. The van der Waals surface area contributed by atoms with Crippen molar-refractivity contribution in [1.29, 1.82) is 1.43 Å². The summed E-state index contributed by atoms with van der Waals surface area (Å²) in [6.45, 7) is 0. The molecule has 7 heteroatoms. The molecule has 0 bridgehead atoms. The van der Waals surface area contributed by atoms with Gasteiger partial charge in [0.25, 0.3) is 1.43 Å². The van der Waals surface area contributed by atoms with Crippen LogP contribution in [0, 0.1) is 0 Å². The molecule has 0 aromatic rings. The van der Waals surface area contributed by atoms with E-state index in [0.29, 0.717) is 0 Å². The molecule has 1 fully saturated rings. The number of hydrogen-bond donors (Lipinski definition) is 5. The molecule has 1 aliphatic heterocycles. The molecule has 0 aromatic heterocycles. The monoisotopic (exact) mass is 195 g/mol. The van der Waals surface area contributed by atoms with Crippen LogP contribution in [0.25, 0.3) is 1.43 Å². The third kappa shape index (κ3) is 1.79. The fraction of sp³-hybridized carbons (Fsp3) is 0.833. The van der Waals surface area contributed by atoms with Crippen molar-refractivity contribution >= 4 is 5.97 Å². The highest BCUT2D eigenvalue weighted by Gasteiger charge is 2.46. The Morgan fingerprint density at radius 1 is 1.15 bits per heavy atom. The lowest BCUT2D eigenvalue weighted by atomic mass is 9.99. The number of carboxylic acid groups (broad SMARTS) is 1. The van der Waals surface area contributed by atoms with Gasteiger partial charge in [-0.2, -0.15) is 0 Å². The minimum absolute atomic E-state index is 1.26. The molecule has 1 heterocycles. The van der Waals surface area contributed by atoms with Crippen molar-refractivity contribution in [2.24, 2.45) is 0 Å². The van der Waals surface area contributed by atoms with E-state index in [9.17, 15) is 9.90 Å². The standard InChI is InChI=1S/C6H10O7/c7-1-2(8)4(5(10)11)13-6(12)3(1)9/h1-4,6-9,12H,(H,10,11)/t1-,2+,3+,4-,6-/m0/s1/i/hD. The largest absolute Gasteiger partial charge is 0.479 e. The minimum atomic E-state index is -1.81. The average molecular weight is 195 g/mol. The summed E-state index contributed by atoms with van der Waals surface area (Å²) in [5.41, 5.74) is 0. The second-order valence-corrected chi connectivity index (χ2v) is 2.74. The smallest absolute Gasteiger partial charge is 0.335 e. The summed E-state index contributed by atoms with van der Waals surface area (Å²) in [4.78, 5) is 10.8.